The van der Waals surface area contributed by atoms with Crippen molar-refractivity contribution in [3.8, 4) is 0 Å². The van der Waals surface area contributed by atoms with Crippen molar-refractivity contribution in [3.63, 3.8) is 0 Å². The molecule has 4 saturated carbocycles. The van der Waals surface area contributed by atoms with E-state index in [9.17, 15) is 8.42 Å². The molecule has 4 heteroatoms. The fourth-order valence-corrected chi connectivity index (χ4v) is 6.89. The summed E-state index contributed by atoms with van der Waals surface area (Å²) < 4.78 is 26.1. The normalized spacial score (nSPS) is 41.8. The summed E-state index contributed by atoms with van der Waals surface area (Å²) >= 11 is 3.34. The lowest BCUT2D eigenvalue weighted by molar-refractivity contribution is 0.542. The number of hydrogen-bond donors (Lipinski definition) is 0. The van der Waals surface area contributed by atoms with Gasteiger partial charge in [0.2, 0.25) is 0 Å². The average molecular weight is 313 g/mol. The topological polar surface area (TPSA) is 34.1 Å². The van der Waals surface area contributed by atoms with Crippen molar-refractivity contribution >= 4 is 25.8 Å². The van der Waals surface area contributed by atoms with Gasteiger partial charge in [-0.15, -0.1) is 0 Å². The predicted molar refractivity (Wildman–Crippen MR) is 68.3 cm³/mol. The summed E-state index contributed by atoms with van der Waals surface area (Å²) in [7, 11) is -3.09. The van der Waals surface area contributed by atoms with Gasteiger partial charge < -0.3 is 0 Å². The van der Waals surface area contributed by atoms with Gasteiger partial charge in [0.05, 0.1) is 10.1 Å². The molecule has 1 aromatic rings. The van der Waals surface area contributed by atoms with Gasteiger partial charge in [-0.2, -0.15) is 0 Å². The largest absolute Gasteiger partial charge is 0.223 e. The fraction of sp³-hybridized carbons (Fsp3) is 0.538. The van der Waals surface area contributed by atoms with Crippen LogP contribution in [-0.4, -0.2) is 13.7 Å². The van der Waals surface area contributed by atoms with Crippen LogP contribution in [0, 0.1) is 23.7 Å². The van der Waals surface area contributed by atoms with Gasteiger partial charge in [0.15, 0.2) is 9.84 Å². The Kier molecular flexibility index (Phi) is 1.96. The number of rotatable bonds is 2. The summed E-state index contributed by atoms with van der Waals surface area (Å²) in [5.41, 5.74) is 0. The van der Waals surface area contributed by atoms with Gasteiger partial charge in [-0.1, -0.05) is 15.9 Å². The molecule has 4 fully saturated rings. The minimum atomic E-state index is -3.09. The molecule has 0 heterocycles. The van der Waals surface area contributed by atoms with Crippen molar-refractivity contribution < 1.29 is 8.42 Å². The maximum absolute atomic E-state index is 12.6. The van der Waals surface area contributed by atoms with Gasteiger partial charge in [-0.25, -0.2) is 8.42 Å². The second-order valence-electron chi connectivity index (χ2n) is 5.60. The summed E-state index contributed by atoms with van der Waals surface area (Å²) in [4.78, 5) is 0.504. The number of halogens is 1. The quantitative estimate of drug-likeness (QED) is 0.841. The second kappa shape index (κ2) is 3.15. The lowest BCUT2D eigenvalue weighted by Crippen LogP contribution is -2.25. The highest BCUT2D eigenvalue weighted by molar-refractivity contribution is 9.10. The first-order valence-electron chi connectivity index (χ1n) is 6.08. The zero-order chi connectivity index (χ0) is 11.8. The number of hydrogen-bond acceptors (Lipinski definition) is 2. The van der Waals surface area contributed by atoms with Gasteiger partial charge in [-0.3, -0.25) is 0 Å². The van der Waals surface area contributed by atoms with Crippen molar-refractivity contribution in [2.24, 2.45) is 23.7 Å². The number of benzene rings is 1. The van der Waals surface area contributed by atoms with Crippen LogP contribution in [0.5, 0.6) is 0 Å². The molecule has 4 aliphatic carbocycles. The van der Waals surface area contributed by atoms with E-state index in [0.29, 0.717) is 16.7 Å². The highest BCUT2D eigenvalue weighted by Gasteiger charge is 2.71. The Morgan fingerprint density at radius 3 is 2.12 bits per heavy atom. The monoisotopic (exact) mass is 312 g/mol. The maximum Gasteiger partial charge on any atom is 0.181 e. The van der Waals surface area contributed by atoms with Crippen LogP contribution in [0.1, 0.15) is 12.8 Å². The van der Waals surface area contributed by atoms with Crippen LogP contribution in [0.2, 0.25) is 0 Å². The molecule has 0 saturated heterocycles. The van der Waals surface area contributed by atoms with E-state index in [-0.39, 0.29) is 5.25 Å². The molecule has 0 aromatic heterocycles. The minimum absolute atomic E-state index is 0.0707. The van der Waals surface area contributed by atoms with Crippen LogP contribution in [0.25, 0.3) is 0 Å². The van der Waals surface area contributed by atoms with E-state index >= 15 is 0 Å². The summed E-state index contributed by atoms with van der Waals surface area (Å²) in [6, 6.07) is 7.09. The molecule has 0 N–H and O–H groups in total. The smallest absolute Gasteiger partial charge is 0.181 e. The van der Waals surface area contributed by atoms with Crippen molar-refractivity contribution in [2.45, 2.75) is 23.0 Å². The van der Waals surface area contributed by atoms with Crippen LogP contribution in [-0.2, 0) is 9.84 Å². The molecule has 4 bridgehead atoms. The first kappa shape index (κ1) is 10.6. The van der Waals surface area contributed by atoms with Crippen LogP contribution < -0.4 is 0 Å². The minimum Gasteiger partial charge on any atom is -0.223 e. The average Bonchev–Trinajstić information content (AvgIpc) is 2.76. The molecule has 0 aliphatic heterocycles. The Balaban J connectivity index is 1.75. The van der Waals surface area contributed by atoms with E-state index in [1.165, 1.54) is 0 Å². The molecule has 17 heavy (non-hydrogen) atoms. The standard InChI is InChI=1S/C13H13BrO2S/c14-8-1-3-9(4-2-8)17(15,16)13-7-5-10-11(6-7)12(10)13/h1-4,7,10-13H,5-6H2. The third-order valence-corrected chi connectivity index (χ3v) is 7.77. The Morgan fingerprint density at radius 2 is 1.65 bits per heavy atom. The van der Waals surface area contributed by atoms with Crippen LogP contribution >= 0.6 is 15.9 Å². The first-order valence-corrected chi connectivity index (χ1v) is 8.42. The molecule has 1 aromatic carbocycles. The van der Waals surface area contributed by atoms with Gasteiger partial charge in [-0.05, 0) is 60.8 Å². The van der Waals surface area contributed by atoms with Crippen molar-refractivity contribution in [3.05, 3.63) is 28.7 Å². The third-order valence-electron chi connectivity index (χ3n) is 4.89. The lowest BCUT2D eigenvalue weighted by Gasteiger charge is -2.15. The summed E-state index contributed by atoms with van der Waals surface area (Å²) in [6.45, 7) is 0. The molecule has 2 nitrogen and oxygen atoms in total. The van der Waals surface area contributed by atoms with E-state index in [2.05, 4.69) is 15.9 Å². The maximum atomic E-state index is 12.6. The summed E-state index contributed by atoms with van der Waals surface area (Å²) in [6.07, 6.45) is 2.32. The Hall–Kier alpha value is -0.350. The molecule has 0 spiro atoms. The fourth-order valence-electron chi connectivity index (χ4n) is 4.25. The molecule has 0 radical (unpaired) electrons. The Bertz CT molecular complexity index is 564. The molecular formula is C13H13BrO2S. The van der Waals surface area contributed by atoms with Gasteiger partial charge in [0, 0.05) is 4.47 Å². The van der Waals surface area contributed by atoms with E-state index in [1.807, 2.05) is 12.1 Å². The van der Waals surface area contributed by atoms with Crippen molar-refractivity contribution in [1.29, 1.82) is 0 Å². The number of sulfone groups is 1. The predicted octanol–water partition coefficient (Wildman–Crippen LogP) is 2.88. The van der Waals surface area contributed by atoms with Gasteiger partial charge in [0.1, 0.15) is 0 Å². The highest BCUT2D eigenvalue weighted by Crippen LogP contribution is 2.72. The molecule has 90 valence electrons. The van der Waals surface area contributed by atoms with Crippen LogP contribution in [0.3, 0.4) is 0 Å². The van der Waals surface area contributed by atoms with E-state index in [1.54, 1.807) is 12.1 Å². The van der Waals surface area contributed by atoms with E-state index in [4.69, 9.17) is 0 Å². The van der Waals surface area contributed by atoms with Crippen LogP contribution in [0.4, 0.5) is 0 Å². The second-order valence-corrected chi connectivity index (χ2v) is 8.62. The summed E-state index contributed by atoms with van der Waals surface area (Å²) in [5, 5.41) is -0.0707. The zero-order valence-corrected chi connectivity index (χ0v) is 11.6. The Labute approximate surface area is 109 Å². The SMILES string of the molecule is O=S(=O)(c1ccc(Br)cc1)C1C2CC3C(C2)C31. The highest BCUT2D eigenvalue weighted by atomic mass is 79.9. The molecule has 0 amide bonds. The van der Waals surface area contributed by atoms with Crippen molar-refractivity contribution in [2.75, 3.05) is 0 Å². The van der Waals surface area contributed by atoms with Crippen LogP contribution in [0.15, 0.2) is 33.6 Å². The van der Waals surface area contributed by atoms with Crippen molar-refractivity contribution in [1.82, 2.24) is 0 Å². The molecule has 3 unspecified atom stereocenters. The third kappa shape index (κ3) is 1.28. The van der Waals surface area contributed by atoms with Gasteiger partial charge >= 0.3 is 0 Å². The van der Waals surface area contributed by atoms with E-state index in [0.717, 1.165) is 29.2 Å². The molecule has 5 rings (SSSR count). The Morgan fingerprint density at radius 1 is 1.06 bits per heavy atom. The molecule has 3 atom stereocenters. The molecular weight excluding hydrogens is 300 g/mol. The van der Waals surface area contributed by atoms with Gasteiger partial charge in [0.25, 0.3) is 0 Å². The van der Waals surface area contributed by atoms with E-state index < -0.39 is 9.84 Å². The molecule has 4 aliphatic rings. The summed E-state index contributed by atoms with van der Waals surface area (Å²) in [5.74, 6) is 2.43. The first-order chi connectivity index (χ1) is 8.09. The lowest BCUT2D eigenvalue weighted by atomic mass is 10.1. The zero-order valence-electron chi connectivity index (χ0n) is 9.21.